The van der Waals surface area contributed by atoms with E-state index in [1.165, 1.54) is 24.7 Å². The van der Waals surface area contributed by atoms with Gasteiger partial charge in [0.15, 0.2) is 17.6 Å². The number of Topliss-reactive ketones (excluding diaryl/α,β-unsaturated/α-hetero) is 1. The van der Waals surface area contributed by atoms with Crippen LogP contribution in [0.3, 0.4) is 0 Å². The monoisotopic (exact) mass is 579 g/mol. The number of fused-ring (bicyclic) bond motifs is 1. The molecule has 1 unspecified atom stereocenters. The Morgan fingerprint density at radius 2 is 1.88 bits per heavy atom. The third kappa shape index (κ3) is 6.19. The first kappa shape index (κ1) is 29.3. The minimum absolute atomic E-state index is 0.217. The van der Waals surface area contributed by atoms with Gasteiger partial charge in [-0.2, -0.15) is 9.61 Å². The van der Waals surface area contributed by atoms with Gasteiger partial charge in [0.2, 0.25) is 5.91 Å². The summed E-state index contributed by atoms with van der Waals surface area (Å²) >= 11 is 0. The van der Waals surface area contributed by atoms with Crippen LogP contribution in [0.1, 0.15) is 50.2 Å². The number of nitrogens with zero attached hydrogens (tertiary/aromatic N) is 6. The number of aryl methyl sites for hydroxylation is 1. The van der Waals surface area contributed by atoms with Gasteiger partial charge in [0.1, 0.15) is 5.82 Å². The predicted octanol–water partition coefficient (Wildman–Crippen LogP) is 3.76. The number of hydrogen-bond donors (Lipinski definition) is 3. The highest BCUT2D eigenvalue weighted by Gasteiger charge is 2.28. The number of amides is 2. The second-order valence-corrected chi connectivity index (χ2v) is 10.2. The largest absolute Gasteiger partial charge is 0.314 e. The van der Waals surface area contributed by atoms with Gasteiger partial charge in [0.25, 0.3) is 5.91 Å². The smallest absolute Gasteiger partial charge is 0.268 e. The molecule has 0 saturated heterocycles. The number of nitrogens with one attached hydrogen (secondary N) is 3. The number of carbonyl (C=O) groups excluding carboxylic acids is 3. The Kier molecular flexibility index (Phi) is 8.67. The van der Waals surface area contributed by atoms with Crippen molar-refractivity contribution < 1.29 is 14.4 Å². The molecule has 0 aliphatic carbocycles. The van der Waals surface area contributed by atoms with E-state index in [1.807, 2.05) is 56.3 Å². The van der Waals surface area contributed by atoms with Crippen LogP contribution >= 0.6 is 0 Å². The Morgan fingerprint density at radius 3 is 2.51 bits per heavy atom. The zero-order valence-corrected chi connectivity index (χ0v) is 24.4. The number of aliphatic imine (C=N–C) groups is 1. The summed E-state index contributed by atoms with van der Waals surface area (Å²) in [6, 6.07) is 13.5. The van der Waals surface area contributed by atoms with Gasteiger partial charge in [-0.3, -0.25) is 19.4 Å². The fourth-order valence-corrected chi connectivity index (χ4v) is 5.02. The molecule has 4 aromatic rings. The van der Waals surface area contributed by atoms with E-state index < -0.39 is 6.17 Å². The summed E-state index contributed by atoms with van der Waals surface area (Å²) in [7, 11) is 0. The van der Waals surface area contributed by atoms with Crippen LogP contribution in [0.4, 0.5) is 5.82 Å². The van der Waals surface area contributed by atoms with Crippen LogP contribution in [0, 0.1) is 0 Å². The van der Waals surface area contributed by atoms with E-state index in [2.05, 4.69) is 31.2 Å². The molecule has 220 valence electrons. The lowest BCUT2D eigenvalue weighted by Crippen LogP contribution is -2.47. The van der Waals surface area contributed by atoms with Crippen molar-refractivity contribution in [1.82, 2.24) is 35.3 Å². The average molecular weight is 580 g/mol. The molecule has 12 heteroatoms. The van der Waals surface area contributed by atoms with Gasteiger partial charge in [0, 0.05) is 42.1 Å². The maximum absolute atomic E-state index is 13.1. The van der Waals surface area contributed by atoms with Crippen molar-refractivity contribution >= 4 is 35.4 Å². The van der Waals surface area contributed by atoms with E-state index in [0.29, 0.717) is 29.7 Å². The summed E-state index contributed by atoms with van der Waals surface area (Å²) in [4.78, 5) is 53.6. The Morgan fingerprint density at radius 1 is 1.09 bits per heavy atom. The van der Waals surface area contributed by atoms with Crippen LogP contribution in [0.15, 0.2) is 72.1 Å². The van der Waals surface area contributed by atoms with Gasteiger partial charge in [-0.05, 0) is 39.7 Å². The number of ketones is 1. The quantitative estimate of drug-likeness (QED) is 0.241. The number of hydrogen-bond acceptors (Lipinski definition) is 9. The molecule has 3 N–H and O–H groups in total. The summed E-state index contributed by atoms with van der Waals surface area (Å²) < 4.78 is 1.48. The molecular weight excluding hydrogens is 546 g/mol. The summed E-state index contributed by atoms with van der Waals surface area (Å²) in [6.45, 7) is 6.57. The molecule has 4 heterocycles. The molecule has 0 saturated carbocycles. The Balaban J connectivity index is 1.52. The van der Waals surface area contributed by atoms with Crippen LogP contribution in [-0.2, 0) is 16.0 Å². The lowest BCUT2D eigenvalue weighted by molar-refractivity contribution is -0.132. The molecule has 2 amide bonds. The van der Waals surface area contributed by atoms with Crippen LogP contribution in [-0.4, -0.2) is 60.6 Å². The highest BCUT2D eigenvalue weighted by Crippen LogP contribution is 2.30. The van der Waals surface area contributed by atoms with Crippen LogP contribution in [0.25, 0.3) is 28.0 Å². The van der Waals surface area contributed by atoms with Crippen molar-refractivity contribution in [3.05, 3.63) is 78.4 Å². The van der Waals surface area contributed by atoms with E-state index in [0.717, 1.165) is 16.8 Å². The normalized spacial score (nSPS) is 15.0. The molecule has 1 aliphatic heterocycles. The number of allylic oxidation sites excluding steroid dienone is 1. The van der Waals surface area contributed by atoms with Gasteiger partial charge in [-0.1, -0.05) is 42.5 Å². The van der Waals surface area contributed by atoms with Crippen molar-refractivity contribution in [3.8, 4) is 22.4 Å². The standard InChI is InChI=1S/C31H33N9O3/c1-5-15-39(31(43)28-33-18-34-38-28)19(2)11-13-26-27(20(3)41)30(36-21(4)42)40-29(37-26)24(17-35-40)23-12-14-25(32-16-23)22-9-7-6-8-10-22/h5-10,12,14-19,28,38H,11,13H2,1-4H3,(H,33,34)(H,36,42)/b15-5-/t19-,28?/m1/s1. The zero-order chi connectivity index (χ0) is 30.5. The highest BCUT2D eigenvalue weighted by molar-refractivity contribution is 6.04. The number of benzene rings is 1. The second kappa shape index (κ2) is 12.7. The van der Waals surface area contributed by atoms with Gasteiger partial charge in [-0.25, -0.2) is 15.4 Å². The molecule has 5 rings (SSSR count). The van der Waals surface area contributed by atoms with Crippen molar-refractivity contribution in [1.29, 1.82) is 0 Å². The maximum atomic E-state index is 13.1. The fourth-order valence-electron chi connectivity index (χ4n) is 5.02. The molecule has 1 aromatic carbocycles. The SMILES string of the molecule is C/C=C\N(C(=O)C1N=CNN1)[C@H](C)CCc1nc2c(-c3ccc(-c4ccccc4)nc3)cnn2c(NC(C)=O)c1C(C)=O. The first-order valence-corrected chi connectivity index (χ1v) is 14.0. The topological polar surface area (TPSA) is 146 Å². The number of anilines is 1. The maximum Gasteiger partial charge on any atom is 0.268 e. The van der Waals surface area contributed by atoms with Crippen LogP contribution in [0.2, 0.25) is 0 Å². The lowest BCUT2D eigenvalue weighted by Gasteiger charge is -2.27. The Bertz CT molecular complexity index is 1710. The molecule has 1 aliphatic rings. The number of carbonyl (C=O) groups is 3. The molecule has 43 heavy (non-hydrogen) atoms. The molecule has 12 nitrogen and oxygen atoms in total. The fraction of sp³-hybridized carbons (Fsp3) is 0.258. The van der Waals surface area contributed by atoms with Crippen molar-refractivity contribution in [3.63, 3.8) is 0 Å². The van der Waals surface area contributed by atoms with E-state index in [9.17, 15) is 14.4 Å². The first-order chi connectivity index (χ1) is 20.8. The summed E-state index contributed by atoms with van der Waals surface area (Å²) in [5, 5.41) is 7.30. The van der Waals surface area contributed by atoms with Crippen molar-refractivity contribution in [2.75, 3.05) is 5.32 Å². The third-order valence-electron chi connectivity index (χ3n) is 7.09. The van der Waals surface area contributed by atoms with E-state index in [-0.39, 0.29) is 35.0 Å². The molecule has 2 atom stereocenters. The molecule has 0 bridgehead atoms. The highest BCUT2D eigenvalue weighted by atomic mass is 16.2. The number of hydrazine groups is 1. The van der Waals surface area contributed by atoms with E-state index >= 15 is 0 Å². The predicted molar refractivity (Wildman–Crippen MR) is 164 cm³/mol. The zero-order valence-electron chi connectivity index (χ0n) is 24.4. The molecule has 3 aromatic heterocycles. The van der Waals surface area contributed by atoms with E-state index in [4.69, 9.17) is 4.98 Å². The Hall–Kier alpha value is -5.23. The van der Waals surface area contributed by atoms with Gasteiger partial charge in [0.05, 0.1) is 29.5 Å². The molecule has 0 radical (unpaired) electrons. The second-order valence-electron chi connectivity index (χ2n) is 10.2. The summed E-state index contributed by atoms with van der Waals surface area (Å²) in [5.41, 5.74) is 10.1. The van der Waals surface area contributed by atoms with Gasteiger partial charge >= 0.3 is 0 Å². The molecule has 0 fully saturated rings. The van der Waals surface area contributed by atoms with Crippen molar-refractivity contribution in [2.45, 2.75) is 52.7 Å². The number of pyridine rings is 1. The third-order valence-corrected chi connectivity index (χ3v) is 7.09. The molecule has 0 spiro atoms. The molecular formula is C31H33N9O3. The minimum atomic E-state index is -0.733. The summed E-state index contributed by atoms with van der Waals surface area (Å²) in [6.07, 6.45) is 8.47. The average Bonchev–Trinajstić information content (AvgIpc) is 3.69. The van der Waals surface area contributed by atoms with Crippen LogP contribution in [0.5, 0.6) is 0 Å². The van der Waals surface area contributed by atoms with Crippen LogP contribution < -0.4 is 16.2 Å². The number of aromatic nitrogens is 4. The van der Waals surface area contributed by atoms with Gasteiger partial charge in [-0.15, -0.1) is 0 Å². The van der Waals surface area contributed by atoms with Gasteiger partial charge < -0.3 is 15.6 Å². The summed E-state index contributed by atoms with van der Waals surface area (Å²) in [5.74, 6) is -0.567. The Labute approximate surface area is 248 Å². The number of rotatable bonds is 10. The van der Waals surface area contributed by atoms with E-state index in [1.54, 1.807) is 29.6 Å². The first-order valence-electron chi connectivity index (χ1n) is 14.0. The lowest BCUT2D eigenvalue weighted by atomic mass is 10.0. The van der Waals surface area contributed by atoms with Crippen molar-refractivity contribution in [2.24, 2.45) is 4.99 Å². The minimum Gasteiger partial charge on any atom is -0.314 e.